The molecule has 0 aliphatic carbocycles. The highest BCUT2D eigenvalue weighted by molar-refractivity contribution is 9.10. The zero-order chi connectivity index (χ0) is 16.3. The predicted molar refractivity (Wildman–Crippen MR) is 80.0 cm³/mol. The molecule has 0 aliphatic rings. The summed E-state index contributed by atoms with van der Waals surface area (Å²) in [6.45, 7) is 0. The lowest BCUT2D eigenvalue weighted by Crippen LogP contribution is -2.10. The fraction of sp³-hybridized carbons (Fsp3) is 0.188. The number of carboxylic acids is 1. The van der Waals surface area contributed by atoms with Crippen LogP contribution in [0.4, 0.5) is 13.2 Å². The van der Waals surface area contributed by atoms with Crippen molar-refractivity contribution in [3.05, 3.63) is 69.2 Å². The van der Waals surface area contributed by atoms with Crippen LogP contribution in [-0.4, -0.2) is 11.1 Å². The normalized spacial score (nSPS) is 11.5. The summed E-state index contributed by atoms with van der Waals surface area (Å²) < 4.78 is 39.2. The molecule has 2 aromatic carbocycles. The number of carbonyl (C=O) groups is 1. The second kappa shape index (κ2) is 6.52. The van der Waals surface area contributed by atoms with Gasteiger partial charge in [0.15, 0.2) is 0 Å². The maximum Gasteiger partial charge on any atom is 0.416 e. The molecular formula is C16H12BrF3O2. The Morgan fingerprint density at radius 1 is 1.09 bits per heavy atom. The Morgan fingerprint density at radius 3 is 2.41 bits per heavy atom. The molecule has 22 heavy (non-hydrogen) atoms. The van der Waals surface area contributed by atoms with Gasteiger partial charge in [0.25, 0.3) is 0 Å². The fourth-order valence-corrected chi connectivity index (χ4v) is 2.60. The van der Waals surface area contributed by atoms with Gasteiger partial charge in [0, 0.05) is 4.47 Å². The summed E-state index contributed by atoms with van der Waals surface area (Å²) in [6, 6.07) is 10.1. The van der Waals surface area contributed by atoms with Gasteiger partial charge in [-0.3, -0.25) is 0 Å². The molecule has 0 fully saturated rings. The molecule has 116 valence electrons. The van der Waals surface area contributed by atoms with Crippen LogP contribution in [-0.2, 0) is 19.0 Å². The SMILES string of the molecule is O=C(O)c1ccc(C(F)(F)F)cc1CCc1cccc(Br)c1. The number of hydrogen-bond acceptors (Lipinski definition) is 1. The quantitative estimate of drug-likeness (QED) is 0.824. The lowest BCUT2D eigenvalue weighted by atomic mass is 9.97. The van der Waals surface area contributed by atoms with Crippen molar-refractivity contribution in [2.75, 3.05) is 0 Å². The van der Waals surface area contributed by atoms with Crippen molar-refractivity contribution in [1.82, 2.24) is 0 Å². The molecule has 0 saturated carbocycles. The Hall–Kier alpha value is -1.82. The van der Waals surface area contributed by atoms with Gasteiger partial charge in [-0.15, -0.1) is 0 Å². The molecule has 2 nitrogen and oxygen atoms in total. The number of hydrogen-bond donors (Lipinski definition) is 1. The largest absolute Gasteiger partial charge is 0.478 e. The highest BCUT2D eigenvalue weighted by Gasteiger charge is 2.31. The van der Waals surface area contributed by atoms with Gasteiger partial charge in [0.2, 0.25) is 0 Å². The van der Waals surface area contributed by atoms with Crippen molar-refractivity contribution in [3.63, 3.8) is 0 Å². The van der Waals surface area contributed by atoms with E-state index in [-0.39, 0.29) is 17.5 Å². The van der Waals surface area contributed by atoms with Gasteiger partial charge in [0.05, 0.1) is 11.1 Å². The lowest BCUT2D eigenvalue weighted by Gasteiger charge is -2.11. The van der Waals surface area contributed by atoms with E-state index in [1.807, 2.05) is 24.3 Å². The molecule has 1 N–H and O–H groups in total. The van der Waals surface area contributed by atoms with E-state index in [4.69, 9.17) is 5.11 Å². The van der Waals surface area contributed by atoms with Crippen LogP contribution in [0.25, 0.3) is 0 Å². The molecule has 0 bridgehead atoms. The Bertz CT molecular complexity index is 696. The third-order valence-electron chi connectivity index (χ3n) is 3.24. The number of alkyl halides is 3. The zero-order valence-electron chi connectivity index (χ0n) is 11.3. The summed E-state index contributed by atoms with van der Waals surface area (Å²) in [5.74, 6) is -1.22. The molecule has 0 atom stereocenters. The van der Waals surface area contributed by atoms with Crippen LogP contribution in [0, 0.1) is 0 Å². The minimum absolute atomic E-state index is 0.0944. The van der Waals surface area contributed by atoms with Crippen LogP contribution < -0.4 is 0 Å². The summed E-state index contributed by atoms with van der Waals surface area (Å²) >= 11 is 3.32. The number of aryl methyl sites for hydroxylation is 2. The fourth-order valence-electron chi connectivity index (χ4n) is 2.16. The van der Waals surface area contributed by atoms with E-state index >= 15 is 0 Å². The van der Waals surface area contributed by atoms with Gasteiger partial charge in [-0.05, 0) is 54.3 Å². The molecule has 0 aromatic heterocycles. The monoisotopic (exact) mass is 372 g/mol. The first-order chi connectivity index (χ1) is 10.3. The highest BCUT2D eigenvalue weighted by atomic mass is 79.9. The first-order valence-corrected chi connectivity index (χ1v) is 7.24. The molecule has 0 radical (unpaired) electrons. The van der Waals surface area contributed by atoms with Gasteiger partial charge in [0.1, 0.15) is 0 Å². The second-order valence-corrected chi connectivity index (χ2v) is 5.72. The van der Waals surface area contributed by atoms with Gasteiger partial charge in [-0.25, -0.2) is 4.79 Å². The third kappa shape index (κ3) is 4.10. The van der Waals surface area contributed by atoms with E-state index in [1.54, 1.807) is 0 Å². The number of aromatic carboxylic acids is 1. The molecule has 0 amide bonds. The van der Waals surface area contributed by atoms with E-state index in [1.165, 1.54) is 0 Å². The smallest absolute Gasteiger partial charge is 0.416 e. The Balaban J connectivity index is 2.29. The standard InChI is InChI=1S/C16H12BrF3O2/c17-13-3-1-2-10(8-13)4-5-11-9-12(16(18,19)20)6-7-14(11)15(21)22/h1-3,6-9H,4-5H2,(H,21,22). The maximum atomic E-state index is 12.8. The highest BCUT2D eigenvalue weighted by Crippen LogP contribution is 2.31. The summed E-state index contributed by atoms with van der Waals surface area (Å²) in [7, 11) is 0. The minimum Gasteiger partial charge on any atom is -0.478 e. The average Bonchev–Trinajstić information content (AvgIpc) is 2.43. The summed E-state index contributed by atoms with van der Waals surface area (Å²) in [4.78, 5) is 11.2. The minimum atomic E-state index is -4.48. The molecule has 0 spiro atoms. The zero-order valence-corrected chi connectivity index (χ0v) is 12.9. The Labute approximate surface area is 133 Å². The topological polar surface area (TPSA) is 37.3 Å². The van der Waals surface area contributed by atoms with Crippen molar-refractivity contribution < 1.29 is 23.1 Å². The number of carboxylic acid groups (broad SMARTS) is 1. The van der Waals surface area contributed by atoms with Crippen molar-refractivity contribution in [2.45, 2.75) is 19.0 Å². The summed E-state index contributed by atoms with van der Waals surface area (Å²) in [5, 5.41) is 9.11. The Morgan fingerprint density at radius 2 is 1.82 bits per heavy atom. The molecule has 0 heterocycles. The first kappa shape index (κ1) is 16.5. The molecule has 0 unspecified atom stereocenters. The van der Waals surface area contributed by atoms with Crippen LogP contribution in [0.2, 0.25) is 0 Å². The first-order valence-electron chi connectivity index (χ1n) is 6.45. The van der Waals surface area contributed by atoms with Gasteiger partial charge in [-0.2, -0.15) is 13.2 Å². The van der Waals surface area contributed by atoms with E-state index < -0.39 is 17.7 Å². The molecular weight excluding hydrogens is 361 g/mol. The number of benzene rings is 2. The van der Waals surface area contributed by atoms with E-state index in [2.05, 4.69) is 15.9 Å². The number of halogens is 4. The van der Waals surface area contributed by atoms with Crippen LogP contribution in [0.5, 0.6) is 0 Å². The van der Waals surface area contributed by atoms with Crippen LogP contribution in [0.15, 0.2) is 46.9 Å². The van der Waals surface area contributed by atoms with E-state index in [0.717, 1.165) is 28.2 Å². The van der Waals surface area contributed by atoms with Gasteiger partial charge < -0.3 is 5.11 Å². The number of rotatable bonds is 4. The lowest BCUT2D eigenvalue weighted by molar-refractivity contribution is -0.137. The third-order valence-corrected chi connectivity index (χ3v) is 3.73. The van der Waals surface area contributed by atoms with E-state index in [9.17, 15) is 18.0 Å². The molecule has 0 saturated heterocycles. The summed E-state index contributed by atoms with van der Waals surface area (Å²) in [6.07, 6.45) is -3.80. The molecule has 0 aliphatic heterocycles. The van der Waals surface area contributed by atoms with E-state index in [0.29, 0.717) is 6.42 Å². The van der Waals surface area contributed by atoms with Gasteiger partial charge in [-0.1, -0.05) is 28.1 Å². The van der Waals surface area contributed by atoms with Gasteiger partial charge >= 0.3 is 12.1 Å². The average molecular weight is 373 g/mol. The Kier molecular flexibility index (Phi) is 4.90. The summed E-state index contributed by atoms with van der Waals surface area (Å²) in [5.41, 5.74) is 0.176. The van der Waals surface area contributed by atoms with Crippen molar-refractivity contribution in [2.24, 2.45) is 0 Å². The van der Waals surface area contributed by atoms with Crippen LogP contribution >= 0.6 is 15.9 Å². The van der Waals surface area contributed by atoms with Crippen molar-refractivity contribution in [1.29, 1.82) is 0 Å². The van der Waals surface area contributed by atoms with Crippen molar-refractivity contribution in [3.8, 4) is 0 Å². The maximum absolute atomic E-state index is 12.8. The molecule has 6 heteroatoms. The van der Waals surface area contributed by atoms with Crippen LogP contribution in [0.3, 0.4) is 0 Å². The second-order valence-electron chi connectivity index (χ2n) is 4.80. The molecule has 2 aromatic rings. The van der Waals surface area contributed by atoms with Crippen molar-refractivity contribution >= 4 is 21.9 Å². The predicted octanol–water partition coefficient (Wildman–Crippen LogP) is 4.95. The van der Waals surface area contributed by atoms with Crippen LogP contribution in [0.1, 0.15) is 27.0 Å². The molecule has 2 rings (SSSR count).